The topological polar surface area (TPSA) is 47.9 Å². The molecular formula is C17H23N3O. The molecule has 2 N–H and O–H groups in total. The lowest BCUT2D eigenvalue weighted by atomic mass is 9.73. The van der Waals surface area contributed by atoms with Crippen LogP contribution in [0.3, 0.4) is 0 Å². The first-order chi connectivity index (χ1) is 10.4. The number of nitrogens with zero attached hydrogens (tertiary/aromatic N) is 2. The van der Waals surface area contributed by atoms with Gasteiger partial charge in [-0.15, -0.1) is 5.16 Å². The molecule has 4 atom stereocenters. The average molecular weight is 285 g/mol. The molecule has 0 aliphatic carbocycles. The molecule has 1 aromatic rings. The molecule has 112 valence electrons. The van der Waals surface area contributed by atoms with E-state index >= 15 is 0 Å². The molecule has 4 rings (SSSR count). The maximum Gasteiger partial charge on any atom is 0.0489 e. The molecule has 21 heavy (non-hydrogen) atoms. The Labute approximate surface area is 125 Å². The molecule has 2 fully saturated rings. The fourth-order valence-electron chi connectivity index (χ4n) is 4.73. The Morgan fingerprint density at radius 2 is 2.24 bits per heavy atom. The van der Waals surface area contributed by atoms with Gasteiger partial charge in [-0.3, -0.25) is 4.90 Å². The molecule has 3 aliphatic rings. The van der Waals surface area contributed by atoms with Crippen molar-refractivity contribution in [3.8, 4) is 0 Å². The average Bonchev–Trinajstić information content (AvgIpc) is 2.92. The summed E-state index contributed by atoms with van der Waals surface area (Å²) in [6.45, 7) is 2.35. The number of hydrogen-bond donors (Lipinski definition) is 2. The van der Waals surface area contributed by atoms with Gasteiger partial charge in [-0.2, -0.15) is 0 Å². The van der Waals surface area contributed by atoms with Crippen LogP contribution in [0.5, 0.6) is 0 Å². The zero-order valence-corrected chi connectivity index (χ0v) is 12.3. The Balaban J connectivity index is 1.69. The van der Waals surface area contributed by atoms with E-state index in [9.17, 15) is 0 Å². The van der Waals surface area contributed by atoms with Crippen LogP contribution in [0.2, 0.25) is 0 Å². The van der Waals surface area contributed by atoms with E-state index in [4.69, 9.17) is 5.21 Å². The SMILES string of the molecule is ON=CCC1CN2CCCCC2C2Nc3ccccc3C12. The van der Waals surface area contributed by atoms with Crippen molar-refractivity contribution in [2.24, 2.45) is 11.1 Å². The second-order valence-electron chi connectivity index (χ2n) is 6.64. The number of fused-ring (bicyclic) bond motifs is 5. The lowest BCUT2D eigenvalue weighted by Gasteiger charge is -2.49. The zero-order chi connectivity index (χ0) is 14.2. The first-order valence-electron chi connectivity index (χ1n) is 8.14. The van der Waals surface area contributed by atoms with E-state index in [2.05, 4.69) is 39.6 Å². The van der Waals surface area contributed by atoms with Gasteiger partial charge < -0.3 is 10.5 Å². The minimum absolute atomic E-state index is 0.522. The van der Waals surface area contributed by atoms with Crippen molar-refractivity contribution in [1.82, 2.24) is 4.90 Å². The Morgan fingerprint density at radius 3 is 3.14 bits per heavy atom. The third-order valence-corrected chi connectivity index (χ3v) is 5.57. The molecule has 0 aromatic heterocycles. The fourth-order valence-corrected chi connectivity index (χ4v) is 4.73. The summed E-state index contributed by atoms with van der Waals surface area (Å²) in [4.78, 5) is 2.67. The lowest BCUT2D eigenvalue weighted by molar-refractivity contribution is 0.0558. The van der Waals surface area contributed by atoms with Crippen LogP contribution in [0.1, 0.15) is 37.2 Å². The molecule has 0 spiro atoms. The number of hydrogen-bond acceptors (Lipinski definition) is 4. The van der Waals surface area contributed by atoms with Crippen molar-refractivity contribution in [1.29, 1.82) is 0 Å². The van der Waals surface area contributed by atoms with E-state index in [-0.39, 0.29) is 0 Å². The third kappa shape index (κ3) is 2.13. The van der Waals surface area contributed by atoms with Gasteiger partial charge in [0.2, 0.25) is 0 Å². The van der Waals surface area contributed by atoms with Crippen LogP contribution in [0, 0.1) is 5.92 Å². The van der Waals surface area contributed by atoms with Crippen molar-refractivity contribution >= 4 is 11.9 Å². The number of oxime groups is 1. The van der Waals surface area contributed by atoms with Crippen molar-refractivity contribution in [3.63, 3.8) is 0 Å². The van der Waals surface area contributed by atoms with Crippen LogP contribution in [-0.4, -0.2) is 41.5 Å². The minimum Gasteiger partial charge on any atom is -0.411 e. The highest BCUT2D eigenvalue weighted by Crippen LogP contribution is 2.48. The molecule has 4 heteroatoms. The summed E-state index contributed by atoms with van der Waals surface area (Å²) >= 11 is 0. The van der Waals surface area contributed by atoms with Crippen molar-refractivity contribution in [2.75, 3.05) is 18.4 Å². The Morgan fingerprint density at radius 1 is 1.33 bits per heavy atom. The second-order valence-corrected chi connectivity index (χ2v) is 6.64. The fraction of sp³-hybridized carbons (Fsp3) is 0.588. The molecule has 4 unspecified atom stereocenters. The van der Waals surface area contributed by atoms with E-state index in [0.29, 0.717) is 23.9 Å². The predicted molar refractivity (Wildman–Crippen MR) is 84.2 cm³/mol. The van der Waals surface area contributed by atoms with Crippen LogP contribution in [-0.2, 0) is 0 Å². The summed E-state index contributed by atoms with van der Waals surface area (Å²) in [5, 5.41) is 15.8. The molecule has 2 saturated heterocycles. The van der Waals surface area contributed by atoms with E-state index in [1.807, 2.05) is 0 Å². The molecule has 0 amide bonds. The maximum absolute atomic E-state index is 8.81. The van der Waals surface area contributed by atoms with Gasteiger partial charge in [0.15, 0.2) is 0 Å². The van der Waals surface area contributed by atoms with E-state index in [1.54, 1.807) is 6.21 Å². The standard InChI is InChI=1S/C17H23N3O/c21-18-9-8-12-11-20-10-4-3-7-15(20)17-16(12)13-5-1-2-6-14(13)19-17/h1-2,5-6,9,12,15-17,19,21H,3-4,7-8,10-11H2. The van der Waals surface area contributed by atoms with E-state index in [0.717, 1.165) is 13.0 Å². The van der Waals surface area contributed by atoms with E-state index < -0.39 is 0 Å². The normalized spacial score (nSPS) is 35.0. The molecule has 4 nitrogen and oxygen atoms in total. The van der Waals surface area contributed by atoms with Crippen LogP contribution in [0.25, 0.3) is 0 Å². The highest BCUT2D eigenvalue weighted by atomic mass is 16.4. The highest BCUT2D eigenvalue weighted by Gasteiger charge is 2.48. The van der Waals surface area contributed by atoms with Crippen LogP contribution >= 0.6 is 0 Å². The molecule has 0 saturated carbocycles. The maximum atomic E-state index is 8.81. The van der Waals surface area contributed by atoms with E-state index in [1.165, 1.54) is 37.1 Å². The number of para-hydroxylation sites is 1. The summed E-state index contributed by atoms with van der Waals surface area (Å²) < 4.78 is 0. The van der Waals surface area contributed by atoms with Crippen LogP contribution in [0.15, 0.2) is 29.4 Å². The molecule has 3 heterocycles. The quantitative estimate of drug-likeness (QED) is 0.499. The highest BCUT2D eigenvalue weighted by molar-refractivity contribution is 5.62. The number of piperidine rings is 2. The van der Waals surface area contributed by atoms with Gasteiger partial charge >= 0.3 is 0 Å². The largest absolute Gasteiger partial charge is 0.411 e. The summed E-state index contributed by atoms with van der Waals surface area (Å²) in [6.07, 6.45) is 6.51. The number of benzene rings is 1. The van der Waals surface area contributed by atoms with Gasteiger partial charge in [0.25, 0.3) is 0 Å². The van der Waals surface area contributed by atoms with Gasteiger partial charge in [0, 0.05) is 36.4 Å². The Bertz CT molecular complexity index is 545. The zero-order valence-electron chi connectivity index (χ0n) is 12.3. The van der Waals surface area contributed by atoms with Gasteiger partial charge in [-0.1, -0.05) is 24.6 Å². The van der Waals surface area contributed by atoms with Gasteiger partial charge in [-0.25, -0.2) is 0 Å². The van der Waals surface area contributed by atoms with Crippen LogP contribution < -0.4 is 5.32 Å². The van der Waals surface area contributed by atoms with Crippen molar-refractivity contribution in [2.45, 2.75) is 43.7 Å². The minimum atomic E-state index is 0.522. The van der Waals surface area contributed by atoms with Gasteiger partial charge in [0.1, 0.15) is 0 Å². The second kappa shape index (κ2) is 5.34. The van der Waals surface area contributed by atoms with Gasteiger partial charge in [0.05, 0.1) is 0 Å². The summed E-state index contributed by atoms with van der Waals surface area (Å²) in [5.41, 5.74) is 2.77. The van der Waals surface area contributed by atoms with Crippen LogP contribution in [0.4, 0.5) is 5.69 Å². The molecule has 1 aromatic carbocycles. The first kappa shape index (κ1) is 13.1. The predicted octanol–water partition coefficient (Wildman–Crippen LogP) is 2.90. The molecule has 3 aliphatic heterocycles. The number of nitrogens with one attached hydrogen (secondary N) is 1. The van der Waals surface area contributed by atoms with Crippen molar-refractivity contribution in [3.05, 3.63) is 29.8 Å². The number of anilines is 1. The first-order valence-corrected chi connectivity index (χ1v) is 8.14. The lowest BCUT2D eigenvalue weighted by Crippen LogP contribution is -2.57. The summed E-state index contributed by atoms with van der Waals surface area (Å²) in [6, 6.07) is 9.93. The monoisotopic (exact) mass is 285 g/mol. The smallest absolute Gasteiger partial charge is 0.0489 e. The summed E-state index contributed by atoms with van der Waals surface area (Å²) in [7, 11) is 0. The number of rotatable bonds is 2. The van der Waals surface area contributed by atoms with Gasteiger partial charge in [-0.05, 0) is 43.4 Å². The van der Waals surface area contributed by atoms with Crippen molar-refractivity contribution < 1.29 is 5.21 Å². The molecule has 0 radical (unpaired) electrons. The molecule has 0 bridgehead atoms. The molecular weight excluding hydrogens is 262 g/mol. The Kier molecular flexibility index (Phi) is 3.34. The third-order valence-electron chi connectivity index (χ3n) is 5.57. The summed E-state index contributed by atoms with van der Waals surface area (Å²) in [5.74, 6) is 1.09. The Hall–Kier alpha value is -1.55.